The highest BCUT2D eigenvalue weighted by Crippen LogP contribution is 2.39. The molecule has 0 saturated carbocycles. The van der Waals surface area contributed by atoms with Crippen LogP contribution < -0.4 is 4.90 Å². The van der Waals surface area contributed by atoms with Crippen LogP contribution in [0.15, 0.2) is 53.4 Å². The molecule has 10 heteroatoms. The van der Waals surface area contributed by atoms with E-state index in [1.54, 1.807) is 37.4 Å². The molecule has 0 radical (unpaired) electrons. The van der Waals surface area contributed by atoms with E-state index in [-0.39, 0.29) is 10.8 Å². The van der Waals surface area contributed by atoms with E-state index in [1.165, 1.54) is 16.3 Å². The summed E-state index contributed by atoms with van der Waals surface area (Å²) in [4.78, 5) is 26.8. The minimum atomic E-state index is -3.71. The van der Waals surface area contributed by atoms with Crippen molar-refractivity contribution in [2.45, 2.75) is 18.7 Å². The van der Waals surface area contributed by atoms with Crippen LogP contribution in [0.5, 0.6) is 0 Å². The summed E-state index contributed by atoms with van der Waals surface area (Å²) in [5.74, 6) is -0.603. The molecule has 2 aromatic carbocycles. The topological polar surface area (TPSA) is 98.2 Å². The van der Waals surface area contributed by atoms with Crippen molar-refractivity contribution >= 4 is 39.2 Å². The van der Waals surface area contributed by atoms with Crippen LogP contribution >= 0.6 is 0 Å². The summed E-state index contributed by atoms with van der Waals surface area (Å²) >= 11 is 0. The molecule has 2 aliphatic rings. The van der Waals surface area contributed by atoms with Gasteiger partial charge in [-0.1, -0.05) is 0 Å². The zero-order valence-electron chi connectivity index (χ0n) is 21.7. The summed E-state index contributed by atoms with van der Waals surface area (Å²) in [5.41, 5.74) is 5.69. The first kappa shape index (κ1) is 25.9. The number of esters is 1. The number of rotatable bonds is 5. The lowest BCUT2D eigenvalue weighted by molar-refractivity contribution is -0.112. The third kappa shape index (κ3) is 4.34. The molecule has 0 aliphatic carbocycles. The van der Waals surface area contributed by atoms with E-state index in [2.05, 4.69) is 0 Å². The third-order valence-corrected chi connectivity index (χ3v) is 8.97. The minimum absolute atomic E-state index is 0.156. The number of aromatic nitrogens is 1. The molecule has 1 saturated heterocycles. The number of nitrogens with zero attached hydrogens (tertiary/aromatic N) is 3. The molecule has 2 aliphatic heterocycles. The Hall–Kier alpha value is -3.73. The van der Waals surface area contributed by atoms with Gasteiger partial charge in [0.15, 0.2) is 0 Å². The number of carbonyl (C=O) groups excluding carboxylic acids is 2. The number of hydrogen-bond acceptors (Lipinski definition) is 6. The van der Waals surface area contributed by atoms with Crippen molar-refractivity contribution in [2.75, 3.05) is 45.4 Å². The zero-order valence-corrected chi connectivity index (χ0v) is 22.5. The molecule has 9 nitrogen and oxygen atoms in total. The fourth-order valence-corrected chi connectivity index (χ4v) is 6.45. The lowest BCUT2D eigenvalue weighted by atomic mass is 10.0. The molecule has 1 fully saturated rings. The number of ether oxygens (including phenoxy) is 2. The highest BCUT2D eigenvalue weighted by Gasteiger charge is 2.33. The molecule has 0 N–H and O–H groups in total. The van der Waals surface area contributed by atoms with Crippen LogP contribution in [0.1, 0.15) is 32.9 Å². The maximum atomic E-state index is 13.3. The van der Waals surface area contributed by atoms with Gasteiger partial charge in [-0.2, -0.15) is 4.31 Å². The van der Waals surface area contributed by atoms with E-state index in [9.17, 15) is 18.0 Å². The van der Waals surface area contributed by atoms with Crippen LogP contribution in [0, 0.1) is 13.8 Å². The van der Waals surface area contributed by atoms with Crippen LogP contribution in [-0.4, -0.2) is 69.6 Å². The van der Waals surface area contributed by atoms with E-state index in [0.29, 0.717) is 48.7 Å². The summed E-state index contributed by atoms with van der Waals surface area (Å²) < 4.78 is 40.1. The van der Waals surface area contributed by atoms with Crippen LogP contribution in [0.25, 0.3) is 17.3 Å². The molecule has 38 heavy (non-hydrogen) atoms. The monoisotopic (exact) mass is 535 g/mol. The summed E-state index contributed by atoms with van der Waals surface area (Å²) in [6.45, 7) is 5.24. The van der Waals surface area contributed by atoms with Gasteiger partial charge in [-0.15, -0.1) is 0 Å². The average Bonchev–Trinajstić information content (AvgIpc) is 3.35. The van der Waals surface area contributed by atoms with Gasteiger partial charge >= 0.3 is 5.97 Å². The Bertz CT molecular complexity index is 1560. The number of aryl methyl sites for hydroxylation is 1. The van der Waals surface area contributed by atoms with Gasteiger partial charge in [-0.25, -0.2) is 13.2 Å². The largest absolute Gasteiger partial charge is 0.465 e. The van der Waals surface area contributed by atoms with Gasteiger partial charge in [-0.05, 0) is 74.0 Å². The Morgan fingerprint density at radius 3 is 2.37 bits per heavy atom. The second-order valence-corrected chi connectivity index (χ2v) is 11.3. The van der Waals surface area contributed by atoms with Crippen molar-refractivity contribution in [3.8, 4) is 5.69 Å². The first-order valence-electron chi connectivity index (χ1n) is 12.2. The summed E-state index contributed by atoms with van der Waals surface area (Å²) in [6.07, 6.45) is 1.82. The van der Waals surface area contributed by atoms with Crippen molar-refractivity contribution in [1.82, 2.24) is 8.87 Å². The molecule has 5 rings (SSSR count). The van der Waals surface area contributed by atoms with Gasteiger partial charge in [0.2, 0.25) is 10.0 Å². The van der Waals surface area contributed by atoms with Crippen molar-refractivity contribution in [3.63, 3.8) is 0 Å². The molecule has 3 heterocycles. The Morgan fingerprint density at radius 1 is 1.03 bits per heavy atom. The van der Waals surface area contributed by atoms with Crippen LogP contribution in [0.2, 0.25) is 0 Å². The number of benzene rings is 2. The molecule has 0 unspecified atom stereocenters. The van der Waals surface area contributed by atoms with Gasteiger partial charge in [0, 0.05) is 48.3 Å². The fraction of sp³-hybridized carbons (Fsp3) is 0.286. The molecule has 0 spiro atoms. The Balaban J connectivity index is 1.54. The maximum Gasteiger partial charge on any atom is 0.337 e. The maximum absolute atomic E-state index is 13.3. The van der Waals surface area contributed by atoms with E-state index >= 15 is 0 Å². The number of fused-ring (bicyclic) bond motifs is 1. The lowest BCUT2D eigenvalue weighted by Crippen LogP contribution is -2.40. The number of amides is 1. The van der Waals surface area contributed by atoms with E-state index in [1.807, 2.05) is 42.7 Å². The zero-order chi connectivity index (χ0) is 27.2. The predicted molar refractivity (Wildman–Crippen MR) is 144 cm³/mol. The van der Waals surface area contributed by atoms with Crippen LogP contribution in [0.4, 0.5) is 5.69 Å². The Labute approximate surface area is 221 Å². The first-order chi connectivity index (χ1) is 18.1. The van der Waals surface area contributed by atoms with Crippen molar-refractivity contribution in [1.29, 1.82) is 0 Å². The third-order valence-electron chi connectivity index (χ3n) is 7.08. The summed E-state index contributed by atoms with van der Waals surface area (Å²) in [5, 5.41) is 0. The Morgan fingerprint density at radius 2 is 1.71 bits per heavy atom. The second-order valence-electron chi connectivity index (χ2n) is 9.32. The van der Waals surface area contributed by atoms with E-state index in [4.69, 9.17) is 9.47 Å². The number of hydrogen-bond donors (Lipinski definition) is 0. The number of morpholine rings is 1. The molecular weight excluding hydrogens is 506 g/mol. The number of methoxy groups -OCH3 is 1. The van der Waals surface area contributed by atoms with E-state index < -0.39 is 16.0 Å². The second kappa shape index (κ2) is 9.86. The molecule has 0 atom stereocenters. The standard InChI is InChI=1S/C28H29N3O6S/c1-18-15-21(19(2)31(18)22-7-5-20(6-8-22)28(33)36-4)16-25-24-17-23(9-10-26(24)29(3)27(25)32)38(34,35)30-11-13-37-14-12-30/h5-10,15-17H,11-14H2,1-4H3. The molecular formula is C28H29N3O6S. The predicted octanol–water partition coefficient (Wildman–Crippen LogP) is 3.42. The fourth-order valence-electron chi connectivity index (χ4n) is 5.02. The van der Waals surface area contributed by atoms with Gasteiger partial charge in [0.1, 0.15) is 0 Å². The summed E-state index contributed by atoms with van der Waals surface area (Å²) in [6, 6.07) is 13.9. The first-order valence-corrected chi connectivity index (χ1v) is 13.7. The normalized spacial score (nSPS) is 17.2. The SMILES string of the molecule is COC(=O)c1ccc(-n2c(C)cc(C=C3C(=O)N(C)c4ccc(S(=O)(=O)N5CCOCC5)cc43)c2C)cc1. The van der Waals surface area contributed by atoms with Crippen molar-refractivity contribution in [3.05, 3.63) is 76.6 Å². The average molecular weight is 536 g/mol. The molecule has 1 amide bonds. The van der Waals surface area contributed by atoms with Crippen molar-refractivity contribution < 1.29 is 27.5 Å². The molecule has 1 aromatic heterocycles. The lowest BCUT2D eigenvalue weighted by Gasteiger charge is -2.26. The van der Waals surface area contributed by atoms with Gasteiger partial charge < -0.3 is 18.9 Å². The minimum Gasteiger partial charge on any atom is -0.465 e. The highest BCUT2D eigenvalue weighted by atomic mass is 32.2. The van der Waals surface area contributed by atoms with Crippen LogP contribution in [0.3, 0.4) is 0 Å². The smallest absolute Gasteiger partial charge is 0.337 e. The Kier molecular flexibility index (Phi) is 6.72. The molecule has 0 bridgehead atoms. The van der Waals surface area contributed by atoms with Gasteiger partial charge in [0.05, 0.1) is 36.5 Å². The number of sulfonamides is 1. The molecule has 3 aromatic rings. The summed E-state index contributed by atoms with van der Waals surface area (Å²) in [7, 11) is -0.685. The number of anilines is 1. The van der Waals surface area contributed by atoms with Gasteiger partial charge in [0.25, 0.3) is 5.91 Å². The van der Waals surface area contributed by atoms with Crippen molar-refractivity contribution in [2.24, 2.45) is 0 Å². The number of carbonyl (C=O) groups is 2. The molecule has 198 valence electrons. The van der Waals surface area contributed by atoms with E-state index in [0.717, 1.165) is 22.6 Å². The van der Waals surface area contributed by atoms with Gasteiger partial charge in [-0.3, -0.25) is 4.79 Å². The quantitative estimate of drug-likeness (QED) is 0.367. The number of likely N-dealkylation sites (N-methyl/N-ethyl adjacent to an activating group) is 1. The highest BCUT2D eigenvalue weighted by molar-refractivity contribution is 7.89. The van der Waals surface area contributed by atoms with Crippen LogP contribution in [-0.2, 0) is 24.3 Å².